The molecule has 0 saturated carbocycles. The summed E-state index contributed by atoms with van der Waals surface area (Å²) in [5.74, 6) is -1.40. The molecular weight excluding hydrogens is 232 g/mol. The van der Waals surface area contributed by atoms with Crippen molar-refractivity contribution in [2.45, 2.75) is 17.4 Å². The van der Waals surface area contributed by atoms with E-state index < -0.39 is 21.9 Å². The zero-order valence-electron chi connectivity index (χ0n) is 8.25. The molecule has 1 atom stereocenters. The van der Waals surface area contributed by atoms with Gasteiger partial charge in [-0.05, 0) is 23.6 Å². The van der Waals surface area contributed by atoms with Crippen molar-refractivity contribution in [3.05, 3.63) is 29.3 Å². The number of sulfone groups is 1. The first-order valence-corrected chi connectivity index (χ1v) is 6.34. The first kappa shape index (κ1) is 11.1. The van der Waals surface area contributed by atoms with Crippen LogP contribution in [0, 0.1) is 0 Å². The third kappa shape index (κ3) is 1.60. The van der Waals surface area contributed by atoms with E-state index in [1.165, 1.54) is 18.2 Å². The highest BCUT2D eigenvalue weighted by Crippen LogP contribution is 2.31. The molecule has 0 radical (unpaired) electrons. The topological polar surface area (TPSA) is 91.7 Å². The summed E-state index contributed by atoms with van der Waals surface area (Å²) in [6, 6.07) is 4.33. The molecule has 16 heavy (non-hydrogen) atoms. The van der Waals surface area contributed by atoms with E-state index in [0.717, 1.165) is 0 Å². The maximum atomic E-state index is 11.6. The molecule has 0 spiro atoms. The quantitative estimate of drug-likeness (QED) is 0.769. The summed E-state index contributed by atoms with van der Waals surface area (Å²) in [6.45, 7) is 0. The molecule has 0 aromatic heterocycles. The number of carboxylic acid groups (broad SMARTS) is 1. The molecule has 1 unspecified atom stereocenters. The maximum Gasteiger partial charge on any atom is 0.337 e. The van der Waals surface area contributed by atoms with Crippen LogP contribution in [0.25, 0.3) is 0 Å². The summed E-state index contributed by atoms with van der Waals surface area (Å²) in [4.78, 5) is 10.8. The lowest BCUT2D eigenvalue weighted by Crippen LogP contribution is -2.12. The van der Waals surface area contributed by atoms with E-state index in [9.17, 15) is 18.3 Å². The molecule has 2 N–H and O–H groups in total. The third-order valence-corrected chi connectivity index (χ3v) is 4.45. The predicted octanol–water partition coefficient (Wildman–Crippen LogP) is 0.134. The molecule has 1 aliphatic heterocycles. The fourth-order valence-electron chi connectivity index (χ4n) is 1.88. The minimum atomic E-state index is -3.29. The number of hydrogen-bond donors (Lipinski definition) is 2. The fourth-order valence-corrected chi connectivity index (χ4v) is 3.45. The second-order valence-corrected chi connectivity index (χ2v) is 5.71. The molecule has 86 valence electrons. The van der Waals surface area contributed by atoms with Crippen molar-refractivity contribution in [3.63, 3.8) is 0 Å². The van der Waals surface area contributed by atoms with Gasteiger partial charge in [-0.2, -0.15) is 0 Å². The lowest BCUT2D eigenvalue weighted by molar-refractivity contribution is -0.147. The molecule has 0 amide bonds. The Kier molecular flexibility index (Phi) is 2.47. The van der Waals surface area contributed by atoms with Crippen LogP contribution in [0.15, 0.2) is 23.1 Å². The van der Waals surface area contributed by atoms with E-state index in [2.05, 4.69) is 0 Å². The van der Waals surface area contributed by atoms with Crippen molar-refractivity contribution in [1.29, 1.82) is 0 Å². The predicted molar refractivity (Wildman–Crippen MR) is 54.8 cm³/mol. The average molecular weight is 242 g/mol. The smallest absolute Gasteiger partial charge is 0.337 e. The highest BCUT2D eigenvalue weighted by atomic mass is 32.2. The number of hydrogen-bond acceptors (Lipinski definition) is 4. The molecule has 6 heteroatoms. The van der Waals surface area contributed by atoms with Crippen molar-refractivity contribution in [1.82, 2.24) is 0 Å². The number of aliphatic hydroxyl groups is 1. The van der Waals surface area contributed by atoms with Crippen molar-refractivity contribution < 1.29 is 23.4 Å². The summed E-state index contributed by atoms with van der Waals surface area (Å²) < 4.78 is 23.1. The van der Waals surface area contributed by atoms with Gasteiger partial charge in [0.15, 0.2) is 15.9 Å². The zero-order chi connectivity index (χ0) is 11.9. The Morgan fingerprint density at radius 1 is 1.38 bits per heavy atom. The molecule has 0 saturated heterocycles. The van der Waals surface area contributed by atoms with Crippen molar-refractivity contribution in [2.75, 3.05) is 5.75 Å². The number of carboxylic acids is 1. The van der Waals surface area contributed by atoms with Crippen LogP contribution in [0.5, 0.6) is 0 Å². The lowest BCUT2D eigenvalue weighted by atomic mass is 10.0. The van der Waals surface area contributed by atoms with Gasteiger partial charge in [0.1, 0.15) is 0 Å². The Bertz CT molecular complexity index is 546. The van der Waals surface area contributed by atoms with Gasteiger partial charge in [-0.15, -0.1) is 0 Å². The standard InChI is InChI=1S/C10H10O5S/c11-9(10(12)13)7-2-1-3-8-6(7)4-5-16(8,14)15/h1-3,9,11H,4-5H2,(H,12,13). The first-order chi connectivity index (χ1) is 7.43. The normalized spacial score (nSPS) is 19.1. The summed E-state index contributed by atoms with van der Waals surface area (Å²) >= 11 is 0. The second-order valence-electron chi connectivity index (χ2n) is 3.63. The number of benzene rings is 1. The van der Waals surface area contributed by atoms with Crippen LogP contribution in [-0.4, -0.2) is 30.4 Å². The Hall–Kier alpha value is -1.40. The van der Waals surface area contributed by atoms with Gasteiger partial charge in [0, 0.05) is 0 Å². The van der Waals surface area contributed by atoms with E-state index in [1.807, 2.05) is 0 Å². The van der Waals surface area contributed by atoms with Crippen LogP contribution in [0.2, 0.25) is 0 Å². The minimum Gasteiger partial charge on any atom is -0.479 e. The van der Waals surface area contributed by atoms with Gasteiger partial charge in [0.2, 0.25) is 0 Å². The van der Waals surface area contributed by atoms with Gasteiger partial charge >= 0.3 is 5.97 Å². The molecular formula is C10H10O5S. The van der Waals surface area contributed by atoms with Crippen LogP contribution in [-0.2, 0) is 21.1 Å². The number of aliphatic carboxylic acids is 1. The molecule has 0 aliphatic carbocycles. The molecule has 1 aromatic carbocycles. The minimum absolute atomic E-state index is 0.0221. The van der Waals surface area contributed by atoms with E-state index in [1.54, 1.807) is 0 Å². The molecule has 2 rings (SSSR count). The summed E-state index contributed by atoms with van der Waals surface area (Å²) in [5.41, 5.74) is 0.600. The fraction of sp³-hybridized carbons (Fsp3) is 0.300. The Morgan fingerprint density at radius 3 is 2.69 bits per heavy atom. The lowest BCUT2D eigenvalue weighted by Gasteiger charge is -2.10. The molecule has 1 aromatic rings. The Morgan fingerprint density at radius 2 is 2.06 bits per heavy atom. The molecule has 0 bridgehead atoms. The maximum absolute atomic E-state index is 11.6. The van der Waals surface area contributed by atoms with Gasteiger partial charge in [0.25, 0.3) is 0 Å². The summed E-state index contributed by atoms with van der Waals surface area (Å²) in [7, 11) is -3.29. The van der Waals surface area contributed by atoms with Gasteiger partial charge < -0.3 is 10.2 Å². The van der Waals surface area contributed by atoms with E-state index in [4.69, 9.17) is 5.11 Å². The van der Waals surface area contributed by atoms with Crippen molar-refractivity contribution in [2.24, 2.45) is 0 Å². The highest BCUT2D eigenvalue weighted by Gasteiger charge is 2.31. The molecule has 0 fully saturated rings. The van der Waals surface area contributed by atoms with E-state index >= 15 is 0 Å². The zero-order valence-corrected chi connectivity index (χ0v) is 9.07. The Balaban J connectivity index is 2.60. The highest BCUT2D eigenvalue weighted by molar-refractivity contribution is 7.91. The SMILES string of the molecule is O=C(O)C(O)c1cccc2c1CCS2(=O)=O. The van der Waals surface area contributed by atoms with Crippen molar-refractivity contribution in [3.8, 4) is 0 Å². The van der Waals surface area contributed by atoms with Crippen LogP contribution in [0.3, 0.4) is 0 Å². The monoisotopic (exact) mass is 242 g/mol. The van der Waals surface area contributed by atoms with Crippen LogP contribution in [0.4, 0.5) is 0 Å². The third-order valence-electron chi connectivity index (χ3n) is 2.65. The molecule has 5 nitrogen and oxygen atoms in total. The van der Waals surface area contributed by atoms with Gasteiger partial charge in [0.05, 0.1) is 10.6 Å². The molecule has 1 heterocycles. The number of fused-ring (bicyclic) bond motifs is 1. The van der Waals surface area contributed by atoms with Crippen molar-refractivity contribution >= 4 is 15.8 Å². The molecule has 1 aliphatic rings. The van der Waals surface area contributed by atoms with Gasteiger partial charge in [-0.1, -0.05) is 12.1 Å². The van der Waals surface area contributed by atoms with Gasteiger partial charge in [-0.25, -0.2) is 13.2 Å². The summed E-state index contributed by atoms with van der Waals surface area (Å²) in [6.07, 6.45) is -1.40. The van der Waals surface area contributed by atoms with E-state index in [0.29, 0.717) is 5.56 Å². The van der Waals surface area contributed by atoms with Crippen LogP contribution in [0.1, 0.15) is 17.2 Å². The van der Waals surface area contributed by atoms with Gasteiger partial charge in [-0.3, -0.25) is 0 Å². The number of rotatable bonds is 2. The number of aliphatic hydroxyl groups excluding tert-OH is 1. The first-order valence-electron chi connectivity index (χ1n) is 4.69. The van der Waals surface area contributed by atoms with E-state index in [-0.39, 0.29) is 22.6 Å². The number of carbonyl (C=O) groups is 1. The average Bonchev–Trinajstić information content (AvgIpc) is 2.54. The second kappa shape index (κ2) is 3.57. The van der Waals surface area contributed by atoms with Crippen LogP contribution < -0.4 is 0 Å². The summed E-state index contributed by atoms with van der Waals surface area (Å²) in [5, 5.41) is 18.1. The Labute approximate surface area is 92.3 Å². The largest absolute Gasteiger partial charge is 0.479 e. The van der Waals surface area contributed by atoms with Crippen LogP contribution >= 0.6 is 0 Å².